The zero-order valence-corrected chi connectivity index (χ0v) is 13.4. The van der Waals surface area contributed by atoms with Gasteiger partial charge in [-0.1, -0.05) is 36.4 Å². The lowest BCUT2D eigenvalue weighted by molar-refractivity contribution is 0.0943. The number of rotatable bonds is 6. The molecule has 0 saturated carbocycles. The fourth-order valence-electron chi connectivity index (χ4n) is 1.90. The molecule has 0 aromatic heterocycles. The summed E-state index contributed by atoms with van der Waals surface area (Å²) < 4.78 is 10.2. The standard InChI is InChI=1S/C18H20N2O4/c1-14(24-18(22)20-16-10-6-3-7-11-16)12-13-23-17(21)19-15-8-4-2-5-9-15/h2-11,14H,12-13H2,1H3,(H,19,21)(H,20,22). The molecule has 0 spiro atoms. The molecule has 126 valence electrons. The zero-order valence-electron chi connectivity index (χ0n) is 13.4. The van der Waals surface area contributed by atoms with Crippen molar-refractivity contribution in [1.82, 2.24) is 0 Å². The summed E-state index contributed by atoms with van der Waals surface area (Å²) in [6, 6.07) is 18.0. The van der Waals surface area contributed by atoms with E-state index in [9.17, 15) is 9.59 Å². The maximum Gasteiger partial charge on any atom is 0.411 e. The third-order valence-corrected chi connectivity index (χ3v) is 3.11. The number of carbonyl (C=O) groups excluding carboxylic acids is 2. The summed E-state index contributed by atoms with van der Waals surface area (Å²) in [6.45, 7) is 1.89. The van der Waals surface area contributed by atoms with E-state index in [1.165, 1.54) is 0 Å². The van der Waals surface area contributed by atoms with E-state index in [-0.39, 0.29) is 12.7 Å². The molecule has 0 aliphatic carbocycles. The van der Waals surface area contributed by atoms with E-state index >= 15 is 0 Å². The lowest BCUT2D eigenvalue weighted by Gasteiger charge is -2.14. The number of amides is 2. The first-order valence-corrected chi connectivity index (χ1v) is 7.65. The largest absolute Gasteiger partial charge is 0.449 e. The summed E-state index contributed by atoms with van der Waals surface area (Å²) in [4.78, 5) is 23.3. The minimum Gasteiger partial charge on any atom is -0.449 e. The SMILES string of the molecule is CC(CCOC(=O)Nc1ccccc1)OC(=O)Nc1ccccc1. The number of anilines is 2. The second kappa shape index (κ2) is 9.19. The molecule has 2 rings (SSSR count). The Morgan fingerprint density at radius 1 is 0.875 bits per heavy atom. The highest BCUT2D eigenvalue weighted by Gasteiger charge is 2.11. The van der Waals surface area contributed by atoms with Crippen molar-refractivity contribution in [1.29, 1.82) is 0 Å². The average Bonchev–Trinajstić information content (AvgIpc) is 2.56. The predicted octanol–water partition coefficient (Wildman–Crippen LogP) is 4.26. The second-order valence-electron chi connectivity index (χ2n) is 5.12. The van der Waals surface area contributed by atoms with Crippen LogP contribution in [-0.2, 0) is 9.47 Å². The quantitative estimate of drug-likeness (QED) is 0.830. The summed E-state index contributed by atoms with van der Waals surface area (Å²) in [6.07, 6.45) is -1.05. The Kier molecular flexibility index (Phi) is 6.64. The zero-order chi connectivity index (χ0) is 17.2. The molecule has 0 heterocycles. The molecule has 1 atom stereocenters. The number of benzene rings is 2. The van der Waals surface area contributed by atoms with Gasteiger partial charge < -0.3 is 9.47 Å². The maximum atomic E-state index is 11.7. The molecule has 0 aliphatic rings. The van der Waals surface area contributed by atoms with Gasteiger partial charge in [-0.3, -0.25) is 10.6 Å². The molecule has 2 amide bonds. The van der Waals surface area contributed by atoms with Gasteiger partial charge in [-0.2, -0.15) is 0 Å². The average molecular weight is 328 g/mol. The topological polar surface area (TPSA) is 76.7 Å². The van der Waals surface area contributed by atoms with Gasteiger partial charge in [0.15, 0.2) is 0 Å². The molecular weight excluding hydrogens is 308 g/mol. The van der Waals surface area contributed by atoms with E-state index in [4.69, 9.17) is 9.47 Å². The highest BCUT2D eigenvalue weighted by atomic mass is 16.6. The molecule has 6 nitrogen and oxygen atoms in total. The predicted molar refractivity (Wildman–Crippen MR) is 92.0 cm³/mol. The normalized spacial score (nSPS) is 11.2. The lowest BCUT2D eigenvalue weighted by Crippen LogP contribution is -2.22. The van der Waals surface area contributed by atoms with Gasteiger partial charge in [-0.15, -0.1) is 0 Å². The molecule has 1 unspecified atom stereocenters. The van der Waals surface area contributed by atoms with Crippen LogP contribution in [0, 0.1) is 0 Å². The first kappa shape index (κ1) is 17.3. The number of hydrogen-bond acceptors (Lipinski definition) is 4. The number of hydrogen-bond donors (Lipinski definition) is 2. The van der Waals surface area contributed by atoms with Gasteiger partial charge in [0, 0.05) is 17.8 Å². The Labute approximate surface area is 140 Å². The van der Waals surface area contributed by atoms with Crippen LogP contribution >= 0.6 is 0 Å². The molecule has 0 bridgehead atoms. The number of nitrogens with one attached hydrogen (secondary N) is 2. The highest BCUT2D eigenvalue weighted by Crippen LogP contribution is 2.08. The van der Waals surface area contributed by atoms with Crippen molar-refractivity contribution in [2.75, 3.05) is 17.2 Å². The molecule has 0 radical (unpaired) electrons. The third-order valence-electron chi connectivity index (χ3n) is 3.11. The van der Waals surface area contributed by atoms with Gasteiger partial charge in [0.25, 0.3) is 0 Å². The van der Waals surface area contributed by atoms with Crippen LogP contribution in [0.1, 0.15) is 13.3 Å². The van der Waals surface area contributed by atoms with E-state index in [0.29, 0.717) is 17.8 Å². The molecule has 0 aliphatic heterocycles. The monoisotopic (exact) mass is 328 g/mol. The van der Waals surface area contributed by atoms with Gasteiger partial charge in [-0.25, -0.2) is 9.59 Å². The third kappa shape index (κ3) is 6.39. The molecule has 2 aromatic rings. The van der Waals surface area contributed by atoms with Crippen molar-refractivity contribution in [3.8, 4) is 0 Å². The first-order chi connectivity index (χ1) is 11.6. The minimum atomic E-state index is -0.540. The van der Waals surface area contributed by atoms with Gasteiger partial charge in [0.2, 0.25) is 0 Å². The van der Waals surface area contributed by atoms with Gasteiger partial charge in [0.05, 0.1) is 6.61 Å². The molecular formula is C18H20N2O4. The van der Waals surface area contributed by atoms with Crippen LogP contribution in [0.5, 0.6) is 0 Å². The molecule has 2 aromatic carbocycles. The fourth-order valence-corrected chi connectivity index (χ4v) is 1.90. The van der Waals surface area contributed by atoms with E-state index < -0.39 is 12.2 Å². The van der Waals surface area contributed by atoms with Gasteiger partial charge in [0.1, 0.15) is 6.10 Å². The number of ether oxygens (including phenoxy) is 2. The summed E-state index contributed by atoms with van der Waals surface area (Å²) in [5.74, 6) is 0. The van der Waals surface area contributed by atoms with Crippen LogP contribution in [0.25, 0.3) is 0 Å². The summed E-state index contributed by atoms with van der Waals surface area (Å²) in [7, 11) is 0. The van der Waals surface area contributed by atoms with E-state index in [0.717, 1.165) is 0 Å². The Hall–Kier alpha value is -3.02. The van der Waals surface area contributed by atoms with E-state index in [1.807, 2.05) is 36.4 Å². The summed E-state index contributed by atoms with van der Waals surface area (Å²) in [5.41, 5.74) is 1.32. The molecule has 2 N–H and O–H groups in total. The van der Waals surface area contributed by atoms with E-state index in [1.54, 1.807) is 31.2 Å². The first-order valence-electron chi connectivity index (χ1n) is 7.65. The maximum absolute atomic E-state index is 11.7. The number of carbonyl (C=O) groups is 2. The molecule has 6 heteroatoms. The van der Waals surface area contributed by atoms with Crippen molar-refractivity contribution >= 4 is 23.6 Å². The van der Waals surface area contributed by atoms with Crippen molar-refractivity contribution in [2.45, 2.75) is 19.4 Å². The lowest BCUT2D eigenvalue weighted by atomic mass is 10.3. The smallest absolute Gasteiger partial charge is 0.411 e. The van der Waals surface area contributed by atoms with Crippen molar-refractivity contribution < 1.29 is 19.1 Å². The summed E-state index contributed by atoms with van der Waals surface area (Å²) >= 11 is 0. The number of para-hydroxylation sites is 2. The van der Waals surface area contributed by atoms with Crippen molar-refractivity contribution in [2.24, 2.45) is 0 Å². The second-order valence-corrected chi connectivity index (χ2v) is 5.12. The molecule has 0 fully saturated rings. The Balaban J connectivity index is 1.63. The Morgan fingerprint density at radius 3 is 1.92 bits per heavy atom. The van der Waals surface area contributed by atoms with Gasteiger partial charge in [-0.05, 0) is 31.2 Å². The van der Waals surface area contributed by atoms with Crippen LogP contribution in [0.3, 0.4) is 0 Å². The van der Waals surface area contributed by atoms with Crippen LogP contribution in [0.4, 0.5) is 21.0 Å². The van der Waals surface area contributed by atoms with Crippen LogP contribution in [0.2, 0.25) is 0 Å². The van der Waals surface area contributed by atoms with Crippen LogP contribution in [0.15, 0.2) is 60.7 Å². The summed E-state index contributed by atoms with van der Waals surface area (Å²) in [5, 5.41) is 5.23. The van der Waals surface area contributed by atoms with E-state index in [2.05, 4.69) is 10.6 Å². The molecule has 0 saturated heterocycles. The molecule has 24 heavy (non-hydrogen) atoms. The minimum absolute atomic E-state index is 0.151. The van der Waals surface area contributed by atoms with Crippen LogP contribution in [-0.4, -0.2) is 24.9 Å². The highest BCUT2D eigenvalue weighted by molar-refractivity contribution is 5.85. The Bertz CT molecular complexity index is 647. The van der Waals surface area contributed by atoms with Crippen molar-refractivity contribution in [3.05, 3.63) is 60.7 Å². The fraction of sp³-hybridized carbons (Fsp3) is 0.222. The van der Waals surface area contributed by atoms with Crippen LogP contribution < -0.4 is 10.6 Å². The van der Waals surface area contributed by atoms with Crippen molar-refractivity contribution in [3.63, 3.8) is 0 Å². The Morgan fingerprint density at radius 2 is 1.38 bits per heavy atom. The van der Waals surface area contributed by atoms with Gasteiger partial charge >= 0.3 is 12.2 Å².